The highest BCUT2D eigenvalue weighted by Crippen LogP contribution is 2.40. The van der Waals surface area contributed by atoms with Gasteiger partial charge in [-0.2, -0.15) is 0 Å². The molecule has 40 heavy (non-hydrogen) atoms. The van der Waals surface area contributed by atoms with Gasteiger partial charge in [-0.25, -0.2) is 9.97 Å². The topological polar surface area (TPSA) is 25.8 Å². The second-order valence-electron chi connectivity index (χ2n) is 12.9. The van der Waals surface area contributed by atoms with E-state index in [9.17, 15) is 0 Å². The molecule has 0 aliphatic carbocycles. The van der Waals surface area contributed by atoms with Gasteiger partial charge in [0.15, 0.2) is 0 Å². The van der Waals surface area contributed by atoms with E-state index < -0.39 is 0 Å². The fourth-order valence-corrected chi connectivity index (χ4v) is 5.55. The Kier molecular flexibility index (Phi) is 6.30. The van der Waals surface area contributed by atoms with Crippen LogP contribution in [0.15, 0.2) is 110 Å². The van der Waals surface area contributed by atoms with Crippen LogP contribution in [-0.2, 0) is 10.8 Å². The normalized spacial score (nSPS) is 12.2. The van der Waals surface area contributed by atoms with Crippen LogP contribution in [0, 0.1) is 0 Å². The van der Waals surface area contributed by atoms with E-state index >= 15 is 0 Å². The van der Waals surface area contributed by atoms with Gasteiger partial charge in [-0.15, -0.1) is 0 Å². The van der Waals surface area contributed by atoms with Crippen molar-refractivity contribution in [3.05, 3.63) is 121 Å². The smallest absolute Gasteiger partial charge is 0.115 e. The molecule has 0 amide bonds. The van der Waals surface area contributed by atoms with E-state index in [4.69, 9.17) is 0 Å². The van der Waals surface area contributed by atoms with Crippen LogP contribution in [0.25, 0.3) is 54.9 Å². The maximum atomic E-state index is 4.24. The van der Waals surface area contributed by atoms with Crippen molar-refractivity contribution in [1.82, 2.24) is 9.97 Å². The van der Waals surface area contributed by atoms with E-state index in [1.165, 1.54) is 54.9 Å². The minimum absolute atomic E-state index is 0.115. The molecule has 0 aliphatic rings. The number of nitrogens with zero attached hydrogens (tertiary/aromatic N) is 2. The molecule has 0 unspecified atom stereocenters. The summed E-state index contributed by atoms with van der Waals surface area (Å²) in [5.41, 5.74) is 10.1. The maximum Gasteiger partial charge on any atom is 0.115 e. The van der Waals surface area contributed by atoms with E-state index in [0.29, 0.717) is 0 Å². The van der Waals surface area contributed by atoms with Crippen molar-refractivity contribution in [2.24, 2.45) is 0 Å². The number of fused-ring (bicyclic) bond motifs is 2. The summed E-state index contributed by atoms with van der Waals surface area (Å²) in [5.74, 6) is 0. The summed E-state index contributed by atoms with van der Waals surface area (Å²) < 4.78 is 0. The average molecular weight is 521 g/mol. The van der Waals surface area contributed by atoms with Crippen molar-refractivity contribution in [3.63, 3.8) is 0 Å². The van der Waals surface area contributed by atoms with Gasteiger partial charge < -0.3 is 0 Å². The van der Waals surface area contributed by atoms with Crippen molar-refractivity contribution in [2.75, 3.05) is 0 Å². The lowest BCUT2D eigenvalue weighted by atomic mass is 9.84. The van der Waals surface area contributed by atoms with Crippen molar-refractivity contribution >= 4 is 21.5 Å². The number of aromatic nitrogens is 2. The highest BCUT2D eigenvalue weighted by Gasteiger charge is 2.17. The van der Waals surface area contributed by atoms with Crippen LogP contribution in [0.2, 0.25) is 0 Å². The lowest BCUT2D eigenvalue weighted by Crippen LogP contribution is -2.10. The number of hydrogen-bond acceptors (Lipinski definition) is 2. The van der Waals surface area contributed by atoms with Gasteiger partial charge in [0.25, 0.3) is 0 Å². The Morgan fingerprint density at radius 2 is 0.850 bits per heavy atom. The Labute approximate surface area is 237 Å². The number of benzene rings is 5. The summed E-state index contributed by atoms with van der Waals surface area (Å²) >= 11 is 0. The first-order valence-corrected chi connectivity index (χ1v) is 14.1. The molecule has 1 aromatic heterocycles. The minimum atomic E-state index is 0.115. The summed E-state index contributed by atoms with van der Waals surface area (Å²) in [6.07, 6.45) is 5.33. The molecule has 0 bridgehead atoms. The van der Waals surface area contributed by atoms with Crippen LogP contribution < -0.4 is 0 Å². The second kappa shape index (κ2) is 9.71. The van der Waals surface area contributed by atoms with Crippen LogP contribution in [0.4, 0.5) is 0 Å². The Bertz CT molecular complexity index is 1820. The Morgan fingerprint density at radius 1 is 0.425 bits per heavy atom. The molecule has 5 aromatic carbocycles. The number of hydrogen-bond donors (Lipinski definition) is 0. The summed E-state index contributed by atoms with van der Waals surface area (Å²) in [6, 6.07) is 34.1. The number of rotatable bonds is 3. The van der Waals surface area contributed by atoms with Gasteiger partial charge in [-0.1, -0.05) is 114 Å². The second-order valence-corrected chi connectivity index (χ2v) is 12.9. The summed E-state index contributed by atoms with van der Waals surface area (Å²) in [4.78, 5) is 8.48. The third-order valence-electron chi connectivity index (χ3n) is 7.97. The zero-order chi connectivity index (χ0) is 28.1. The van der Waals surface area contributed by atoms with E-state index in [1.54, 1.807) is 6.33 Å². The standard InChI is InChI=1S/C38H36N2/c1-37(2,3)32-13-7-25(8-14-32)27-11-17-34-29(19-27)21-30-20-28(31-22-39-24-40-23-31)12-18-35(30)36(34)26-9-15-33(16-10-26)38(4,5)6/h7-24H,1-6H3. The zero-order valence-electron chi connectivity index (χ0n) is 24.3. The first-order chi connectivity index (χ1) is 19.1. The third kappa shape index (κ3) is 4.91. The van der Waals surface area contributed by atoms with Crippen molar-refractivity contribution < 1.29 is 0 Å². The molecule has 6 rings (SSSR count). The lowest BCUT2D eigenvalue weighted by molar-refractivity contribution is 0.590. The molecule has 0 radical (unpaired) electrons. The first-order valence-electron chi connectivity index (χ1n) is 14.1. The molecular weight excluding hydrogens is 484 g/mol. The first kappa shape index (κ1) is 26.0. The van der Waals surface area contributed by atoms with Gasteiger partial charge in [0.1, 0.15) is 6.33 Å². The van der Waals surface area contributed by atoms with Crippen LogP contribution >= 0.6 is 0 Å². The van der Waals surface area contributed by atoms with Gasteiger partial charge >= 0.3 is 0 Å². The molecule has 0 saturated heterocycles. The fraction of sp³-hybridized carbons (Fsp3) is 0.211. The minimum Gasteiger partial charge on any atom is -0.244 e. The van der Waals surface area contributed by atoms with Gasteiger partial charge in [-0.05, 0) is 89.5 Å². The summed E-state index contributed by atoms with van der Waals surface area (Å²) in [5, 5.41) is 4.96. The quantitative estimate of drug-likeness (QED) is 0.217. The van der Waals surface area contributed by atoms with E-state index in [0.717, 1.165) is 11.1 Å². The van der Waals surface area contributed by atoms with E-state index in [2.05, 4.69) is 143 Å². The third-order valence-corrected chi connectivity index (χ3v) is 7.97. The van der Waals surface area contributed by atoms with Gasteiger partial charge in [-0.3, -0.25) is 0 Å². The molecule has 0 aliphatic heterocycles. The molecule has 0 fully saturated rings. The molecule has 0 saturated carbocycles. The molecular formula is C38H36N2. The lowest BCUT2D eigenvalue weighted by Gasteiger charge is -2.20. The summed E-state index contributed by atoms with van der Waals surface area (Å²) in [6.45, 7) is 13.6. The molecule has 0 atom stereocenters. The summed E-state index contributed by atoms with van der Waals surface area (Å²) in [7, 11) is 0. The van der Waals surface area contributed by atoms with Gasteiger partial charge in [0, 0.05) is 18.0 Å². The monoisotopic (exact) mass is 520 g/mol. The average Bonchev–Trinajstić information content (AvgIpc) is 2.95. The Balaban J connectivity index is 1.56. The van der Waals surface area contributed by atoms with Crippen molar-refractivity contribution in [1.29, 1.82) is 0 Å². The van der Waals surface area contributed by atoms with Gasteiger partial charge in [0.05, 0.1) is 0 Å². The molecule has 6 aromatic rings. The predicted molar refractivity (Wildman–Crippen MR) is 171 cm³/mol. The predicted octanol–water partition coefficient (Wildman–Crippen LogP) is 10.4. The molecule has 1 heterocycles. The zero-order valence-corrected chi connectivity index (χ0v) is 24.3. The molecule has 0 spiro atoms. The molecule has 0 N–H and O–H groups in total. The molecule has 2 heteroatoms. The SMILES string of the molecule is CC(C)(C)c1ccc(-c2ccc3c(-c4ccc(C(C)(C)C)cc4)c4ccc(-c5cncnc5)cc4cc3c2)cc1. The van der Waals surface area contributed by atoms with E-state index in [-0.39, 0.29) is 10.8 Å². The maximum absolute atomic E-state index is 4.24. The highest BCUT2D eigenvalue weighted by molar-refractivity contribution is 6.14. The van der Waals surface area contributed by atoms with Gasteiger partial charge in [0.2, 0.25) is 0 Å². The Hall–Kier alpha value is -4.30. The van der Waals surface area contributed by atoms with Crippen LogP contribution in [0.5, 0.6) is 0 Å². The van der Waals surface area contributed by atoms with E-state index in [1.807, 2.05) is 12.4 Å². The highest BCUT2D eigenvalue weighted by atomic mass is 14.8. The fourth-order valence-electron chi connectivity index (χ4n) is 5.55. The molecule has 2 nitrogen and oxygen atoms in total. The van der Waals surface area contributed by atoms with Crippen LogP contribution in [0.1, 0.15) is 52.7 Å². The molecule has 198 valence electrons. The largest absolute Gasteiger partial charge is 0.244 e. The Morgan fingerprint density at radius 3 is 1.32 bits per heavy atom. The van der Waals surface area contributed by atoms with Crippen molar-refractivity contribution in [2.45, 2.75) is 52.4 Å². The van der Waals surface area contributed by atoms with Crippen LogP contribution in [0.3, 0.4) is 0 Å². The van der Waals surface area contributed by atoms with Crippen molar-refractivity contribution in [3.8, 4) is 33.4 Å². The van der Waals surface area contributed by atoms with Crippen LogP contribution in [-0.4, -0.2) is 9.97 Å².